The summed E-state index contributed by atoms with van der Waals surface area (Å²) < 4.78 is 10.5. The average molecular weight is 409 g/mol. The van der Waals surface area contributed by atoms with E-state index in [1.54, 1.807) is 7.11 Å². The third kappa shape index (κ3) is 5.47. The van der Waals surface area contributed by atoms with Crippen molar-refractivity contribution in [3.63, 3.8) is 0 Å². The highest BCUT2D eigenvalue weighted by Crippen LogP contribution is 2.21. The van der Waals surface area contributed by atoms with Gasteiger partial charge in [0.1, 0.15) is 30.3 Å². The van der Waals surface area contributed by atoms with E-state index >= 15 is 0 Å². The van der Waals surface area contributed by atoms with Crippen LogP contribution in [0.3, 0.4) is 0 Å². The lowest BCUT2D eigenvalue weighted by Gasteiger charge is -2.32. The molecule has 1 aromatic carbocycles. The number of carbonyl (C=O) groups is 1. The Bertz CT molecular complexity index is 802. The van der Waals surface area contributed by atoms with Gasteiger partial charge in [-0.2, -0.15) is 0 Å². The minimum Gasteiger partial charge on any atom is -0.496 e. The average Bonchev–Trinajstić information content (AvgIpc) is 3.07. The van der Waals surface area contributed by atoms with Crippen LogP contribution in [0.25, 0.3) is 0 Å². The lowest BCUT2D eigenvalue weighted by atomic mass is 10.2. The number of nitrogens with one attached hydrogen (secondary N) is 2. The van der Waals surface area contributed by atoms with Gasteiger partial charge in [-0.1, -0.05) is 16.8 Å². The van der Waals surface area contributed by atoms with Gasteiger partial charge < -0.3 is 24.0 Å². The van der Waals surface area contributed by atoms with Crippen molar-refractivity contribution in [3.05, 3.63) is 46.3 Å². The molecule has 1 saturated heterocycles. The van der Waals surface area contributed by atoms with Gasteiger partial charge in [-0.15, -0.1) is 0 Å². The first-order valence-electron chi connectivity index (χ1n) is 9.62. The number of hydrogen-bond donors (Lipinski definition) is 2. The summed E-state index contributed by atoms with van der Waals surface area (Å²) in [6, 6.07) is 7.56. The minimum atomic E-state index is 0.190. The number of carbonyl (C=O) groups excluding carboxylic acids is 1. The van der Waals surface area contributed by atoms with E-state index in [9.17, 15) is 4.79 Å². The predicted octanol–water partition coefficient (Wildman–Crippen LogP) is -0.413. The van der Waals surface area contributed by atoms with E-state index in [0.717, 1.165) is 60.4 Å². The fourth-order valence-corrected chi connectivity index (χ4v) is 3.84. The van der Waals surface area contributed by atoms with Crippen LogP contribution in [0.4, 0.5) is 0 Å². The summed E-state index contributed by atoms with van der Waals surface area (Å²) in [5, 5.41) is 4.74. The van der Waals surface area contributed by atoms with E-state index in [4.69, 9.17) is 20.9 Å². The van der Waals surface area contributed by atoms with Gasteiger partial charge in [0.05, 0.1) is 40.3 Å². The zero-order valence-corrected chi connectivity index (χ0v) is 17.5. The summed E-state index contributed by atoms with van der Waals surface area (Å²) in [5.41, 5.74) is 1.99. The van der Waals surface area contributed by atoms with Gasteiger partial charge in [0, 0.05) is 16.7 Å². The molecule has 1 atom stereocenters. The number of aryl methyl sites for hydroxylation is 1. The number of rotatable bonds is 7. The van der Waals surface area contributed by atoms with Gasteiger partial charge in [0.2, 0.25) is 0 Å². The Morgan fingerprint density at radius 3 is 2.75 bits per heavy atom. The molecule has 2 heterocycles. The lowest BCUT2D eigenvalue weighted by molar-refractivity contribution is -0.918. The second-order valence-corrected chi connectivity index (χ2v) is 7.94. The molecule has 0 radical (unpaired) electrons. The van der Waals surface area contributed by atoms with Gasteiger partial charge in [-0.25, -0.2) is 0 Å². The van der Waals surface area contributed by atoms with Crippen molar-refractivity contribution >= 4 is 17.5 Å². The van der Waals surface area contributed by atoms with Crippen molar-refractivity contribution in [1.29, 1.82) is 0 Å². The van der Waals surface area contributed by atoms with Gasteiger partial charge in [-0.05, 0) is 25.1 Å². The number of hydrogen-bond acceptors (Lipinski definition) is 4. The molecule has 1 unspecified atom stereocenters. The van der Waals surface area contributed by atoms with Crippen molar-refractivity contribution in [2.45, 2.75) is 20.0 Å². The van der Waals surface area contributed by atoms with E-state index in [2.05, 4.69) is 5.16 Å². The number of nitrogens with zero attached hydrogens (tertiary/aromatic N) is 2. The van der Waals surface area contributed by atoms with Crippen molar-refractivity contribution in [3.8, 4) is 5.75 Å². The number of aromatic nitrogens is 1. The Morgan fingerprint density at radius 1 is 1.36 bits per heavy atom. The van der Waals surface area contributed by atoms with E-state index < -0.39 is 0 Å². The van der Waals surface area contributed by atoms with E-state index in [0.29, 0.717) is 18.1 Å². The monoisotopic (exact) mass is 408 g/mol. The van der Waals surface area contributed by atoms with Gasteiger partial charge in [0.15, 0.2) is 6.54 Å². The maximum absolute atomic E-state index is 12.7. The van der Waals surface area contributed by atoms with Crippen molar-refractivity contribution < 1.29 is 23.9 Å². The Hall–Kier alpha value is -2.09. The third-order valence-corrected chi connectivity index (χ3v) is 5.35. The number of piperazine rings is 1. The van der Waals surface area contributed by atoms with Crippen LogP contribution in [0.5, 0.6) is 5.75 Å². The molecule has 2 aromatic rings. The quantitative estimate of drug-likeness (QED) is 0.653. The van der Waals surface area contributed by atoms with Gasteiger partial charge in [-0.3, -0.25) is 4.79 Å². The van der Waals surface area contributed by atoms with Crippen LogP contribution in [0, 0.1) is 6.92 Å². The summed E-state index contributed by atoms with van der Waals surface area (Å²) in [6.07, 6.45) is 0. The zero-order chi connectivity index (χ0) is 20.1. The molecule has 1 aliphatic rings. The molecule has 0 bridgehead atoms. The van der Waals surface area contributed by atoms with Crippen LogP contribution in [-0.4, -0.2) is 62.8 Å². The van der Waals surface area contributed by atoms with Crippen molar-refractivity contribution in [1.82, 2.24) is 10.1 Å². The summed E-state index contributed by atoms with van der Waals surface area (Å²) >= 11 is 6.11. The lowest BCUT2D eigenvalue weighted by Crippen LogP contribution is -3.14. The molecule has 2 N–H and O–H groups in total. The Morgan fingerprint density at radius 2 is 2.11 bits per heavy atom. The molecule has 1 fully saturated rings. The highest BCUT2D eigenvalue weighted by molar-refractivity contribution is 6.30. The molecule has 1 aromatic heterocycles. The summed E-state index contributed by atoms with van der Waals surface area (Å²) in [5.74, 6) is 1.83. The molecule has 0 saturated carbocycles. The Balaban J connectivity index is 1.47. The molecule has 7 nitrogen and oxygen atoms in total. The standard InChI is InChI=1S/C20H27ClN4O3/c1-15-10-18(22-28-15)13-24-6-8-25(9-7-24)20(26)14-23(2)12-16-11-17(21)4-5-19(16)27-3/h4-5,10-11H,6-9,12-14H2,1-3H3/p+2. The van der Waals surface area contributed by atoms with Crippen LogP contribution in [0.1, 0.15) is 17.0 Å². The smallest absolute Gasteiger partial charge is 0.278 e. The largest absolute Gasteiger partial charge is 0.496 e. The predicted molar refractivity (Wildman–Crippen MR) is 106 cm³/mol. The number of amides is 1. The van der Waals surface area contributed by atoms with E-state index in [1.807, 2.05) is 43.1 Å². The highest BCUT2D eigenvalue weighted by atomic mass is 35.5. The van der Waals surface area contributed by atoms with Gasteiger partial charge >= 0.3 is 0 Å². The first kappa shape index (κ1) is 20.6. The Labute approximate surface area is 170 Å². The molecule has 1 aliphatic heterocycles. The molecule has 0 aliphatic carbocycles. The number of likely N-dealkylation sites (N-methyl/N-ethyl adjacent to an activating group) is 1. The Kier molecular flexibility index (Phi) is 6.93. The first-order chi connectivity index (χ1) is 13.4. The normalized spacial score (nSPS) is 16.2. The summed E-state index contributed by atoms with van der Waals surface area (Å²) in [7, 11) is 3.67. The zero-order valence-electron chi connectivity index (χ0n) is 16.8. The number of methoxy groups -OCH3 is 1. The number of quaternary nitrogens is 2. The molecule has 152 valence electrons. The number of ether oxygens (including phenoxy) is 1. The fourth-order valence-electron chi connectivity index (χ4n) is 3.65. The molecule has 8 heteroatoms. The minimum absolute atomic E-state index is 0.190. The second kappa shape index (κ2) is 9.41. The summed E-state index contributed by atoms with van der Waals surface area (Å²) in [6.45, 7) is 7.30. The van der Waals surface area contributed by atoms with Crippen LogP contribution in [0.15, 0.2) is 28.8 Å². The second-order valence-electron chi connectivity index (χ2n) is 7.50. The molecule has 1 amide bonds. The van der Waals surface area contributed by atoms with Crippen LogP contribution < -0.4 is 14.5 Å². The summed E-state index contributed by atoms with van der Waals surface area (Å²) in [4.78, 5) is 17.2. The molecule has 28 heavy (non-hydrogen) atoms. The highest BCUT2D eigenvalue weighted by Gasteiger charge is 2.26. The number of benzene rings is 1. The molecule has 0 spiro atoms. The van der Waals surface area contributed by atoms with Crippen molar-refractivity contribution in [2.24, 2.45) is 0 Å². The van der Waals surface area contributed by atoms with Crippen molar-refractivity contribution in [2.75, 3.05) is 46.9 Å². The molecular formula is C20H29ClN4O3+2. The van der Waals surface area contributed by atoms with Crippen LogP contribution in [0.2, 0.25) is 5.02 Å². The maximum atomic E-state index is 12.7. The number of halogens is 1. The first-order valence-corrected chi connectivity index (χ1v) is 9.99. The maximum Gasteiger partial charge on any atom is 0.278 e. The van der Waals surface area contributed by atoms with Crippen LogP contribution >= 0.6 is 11.6 Å². The van der Waals surface area contributed by atoms with E-state index in [1.165, 1.54) is 4.90 Å². The third-order valence-electron chi connectivity index (χ3n) is 5.12. The SMILES string of the molecule is COc1ccc(Cl)cc1C[NH+](C)CC(=O)N1CC[NH+](Cc2cc(C)on2)CC1. The van der Waals surface area contributed by atoms with Crippen LogP contribution in [-0.2, 0) is 17.9 Å². The fraction of sp³-hybridized carbons (Fsp3) is 0.500. The van der Waals surface area contributed by atoms with E-state index in [-0.39, 0.29) is 5.91 Å². The molecule has 3 rings (SSSR count). The van der Waals surface area contributed by atoms with Gasteiger partial charge in [0.25, 0.3) is 5.91 Å². The topological polar surface area (TPSA) is 64.5 Å². The molecular weight excluding hydrogens is 380 g/mol.